The van der Waals surface area contributed by atoms with E-state index >= 15 is 0 Å². The Morgan fingerprint density at radius 1 is 0.628 bits per heavy atom. The summed E-state index contributed by atoms with van der Waals surface area (Å²) in [5, 5.41) is 7.67. The van der Waals surface area contributed by atoms with E-state index in [1.165, 1.54) is 27.5 Å². The lowest BCUT2D eigenvalue weighted by atomic mass is 9.99. The second kappa shape index (κ2) is 10.1. The highest BCUT2D eigenvalue weighted by molar-refractivity contribution is 6.01. The Hall–Kier alpha value is -5.48. The van der Waals surface area contributed by atoms with E-state index in [-0.39, 0.29) is 0 Å². The molecule has 4 heteroatoms. The number of rotatable bonds is 5. The number of aromatic nitrogens is 4. The lowest BCUT2D eigenvalue weighted by Gasteiger charge is -2.10. The Bertz CT molecular complexity index is 2270. The van der Waals surface area contributed by atoms with Crippen LogP contribution in [-0.4, -0.2) is 19.2 Å². The topological polar surface area (TPSA) is 35.1 Å². The SMILES string of the molecule is CCc1nc2ccccc2n1-c1ccc(-c2cccc(-c3nn4c(-c5ccccc5)cc5ccccc5c4c3C)c2)cc1. The second-order valence-corrected chi connectivity index (χ2v) is 11.1. The number of hydrogen-bond donors (Lipinski definition) is 0. The van der Waals surface area contributed by atoms with E-state index in [9.17, 15) is 0 Å². The van der Waals surface area contributed by atoms with Crippen molar-refractivity contribution in [2.24, 2.45) is 0 Å². The molecule has 0 N–H and O–H groups in total. The number of para-hydroxylation sites is 2. The second-order valence-electron chi connectivity index (χ2n) is 11.1. The van der Waals surface area contributed by atoms with Gasteiger partial charge >= 0.3 is 0 Å². The number of imidazole rings is 1. The van der Waals surface area contributed by atoms with Gasteiger partial charge in [0.15, 0.2) is 0 Å². The molecule has 0 radical (unpaired) electrons. The van der Waals surface area contributed by atoms with Crippen LogP contribution < -0.4 is 0 Å². The summed E-state index contributed by atoms with van der Waals surface area (Å²) in [6, 6.07) is 47.3. The maximum atomic E-state index is 5.25. The van der Waals surface area contributed by atoms with Gasteiger partial charge in [-0.3, -0.25) is 4.57 Å². The van der Waals surface area contributed by atoms with Crippen LogP contribution in [0.3, 0.4) is 0 Å². The first-order valence-electron chi connectivity index (χ1n) is 14.8. The maximum absolute atomic E-state index is 5.25. The van der Waals surface area contributed by atoms with Crippen molar-refractivity contribution in [3.05, 3.63) is 145 Å². The molecule has 0 unspecified atom stereocenters. The van der Waals surface area contributed by atoms with E-state index in [2.05, 4.69) is 150 Å². The molecule has 0 aliphatic heterocycles. The number of pyridine rings is 1. The van der Waals surface area contributed by atoms with E-state index in [1.54, 1.807) is 0 Å². The van der Waals surface area contributed by atoms with Crippen LogP contribution in [-0.2, 0) is 6.42 Å². The fraction of sp³-hybridized carbons (Fsp3) is 0.0769. The maximum Gasteiger partial charge on any atom is 0.114 e. The van der Waals surface area contributed by atoms with Crippen LogP contribution in [0.2, 0.25) is 0 Å². The molecule has 5 aromatic carbocycles. The summed E-state index contributed by atoms with van der Waals surface area (Å²) in [5.74, 6) is 1.07. The molecule has 0 saturated heterocycles. The Balaban J connectivity index is 1.23. The van der Waals surface area contributed by atoms with Crippen molar-refractivity contribution >= 4 is 27.3 Å². The predicted octanol–water partition coefficient (Wildman–Crippen LogP) is 9.70. The molecule has 8 aromatic rings. The summed E-state index contributed by atoms with van der Waals surface area (Å²) in [4.78, 5) is 4.86. The van der Waals surface area contributed by atoms with Crippen molar-refractivity contribution in [3.63, 3.8) is 0 Å². The van der Waals surface area contributed by atoms with Gasteiger partial charge in [-0.05, 0) is 59.8 Å². The molecule has 206 valence electrons. The molecule has 0 amide bonds. The van der Waals surface area contributed by atoms with Gasteiger partial charge in [0.1, 0.15) is 5.82 Å². The highest BCUT2D eigenvalue weighted by atomic mass is 15.2. The molecule has 4 nitrogen and oxygen atoms in total. The number of benzene rings is 5. The molecule has 3 aromatic heterocycles. The summed E-state index contributed by atoms with van der Waals surface area (Å²) < 4.78 is 4.40. The summed E-state index contributed by atoms with van der Waals surface area (Å²) >= 11 is 0. The van der Waals surface area contributed by atoms with Gasteiger partial charge in [0.05, 0.1) is 27.9 Å². The average molecular weight is 555 g/mol. The lowest BCUT2D eigenvalue weighted by Crippen LogP contribution is -1.99. The number of hydrogen-bond acceptors (Lipinski definition) is 2. The third-order valence-electron chi connectivity index (χ3n) is 8.47. The molecule has 0 spiro atoms. The van der Waals surface area contributed by atoms with Gasteiger partial charge in [-0.1, -0.05) is 104 Å². The third kappa shape index (κ3) is 4.14. The molecule has 0 aliphatic rings. The minimum atomic E-state index is 0.873. The highest BCUT2D eigenvalue weighted by Gasteiger charge is 2.18. The van der Waals surface area contributed by atoms with Crippen LogP contribution in [0.15, 0.2) is 133 Å². The lowest BCUT2D eigenvalue weighted by molar-refractivity contribution is 0.908. The minimum Gasteiger partial charge on any atom is -0.296 e. The summed E-state index contributed by atoms with van der Waals surface area (Å²) in [6.07, 6.45) is 0.873. The Kier molecular flexibility index (Phi) is 5.93. The van der Waals surface area contributed by atoms with Crippen LogP contribution in [0.1, 0.15) is 18.3 Å². The molecule has 0 aliphatic carbocycles. The van der Waals surface area contributed by atoms with E-state index in [1.807, 2.05) is 6.07 Å². The molecular formula is C39H30N4. The molecule has 0 fully saturated rings. The fourth-order valence-electron chi connectivity index (χ4n) is 6.37. The van der Waals surface area contributed by atoms with Crippen molar-refractivity contribution in [2.45, 2.75) is 20.3 Å². The van der Waals surface area contributed by atoms with Gasteiger partial charge in [0.25, 0.3) is 0 Å². The van der Waals surface area contributed by atoms with Crippen LogP contribution in [0.5, 0.6) is 0 Å². The quantitative estimate of drug-likeness (QED) is 0.212. The molecule has 0 bridgehead atoms. The van der Waals surface area contributed by atoms with Crippen LogP contribution in [0, 0.1) is 6.92 Å². The van der Waals surface area contributed by atoms with Crippen molar-refractivity contribution in [2.75, 3.05) is 0 Å². The van der Waals surface area contributed by atoms with Crippen LogP contribution in [0.25, 0.3) is 66.7 Å². The first-order chi connectivity index (χ1) is 21.2. The summed E-state index contributed by atoms with van der Waals surface area (Å²) in [6.45, 7) is 4.35. The Morgan fingerprint density at radius 3 is 2.19 bits per heavy atom. The standard InChI is InChI=1S/C39H30N4/c1-3-37-40-34-18-9-10-19-35(34)42(37)32-22-20-27(21-23-32)29-15-11-16-31(24-29)38-26(2)39-33-17-8-7-14-30(33)25-36(43(39)41-38)28-12-5-4-6-13-28/h4-25H,3H2,1-2H3. The number of nitrogens with zero attached hydrogens (tertiary/aromatic N) is 4. The average Bonchev–Trinajstić information content (AvgIpc) is 3.63. The smallest absolute Gasteiger partial charge is 0.114 e. The third-order valence-corrected chi connectivity index (χ3v) is 8.47. The zero-order chi connectivity index (χ0) is 28.9. The normalized spacial score (nSPS) is 11.6. The predicted molar refractivity (Wildman–Crippen MR) is 178 cm³/mol. The van der Waals surface area contributed by atoms with Gasteiger partial charge in [-0.25, -0.2) is 9.50 Å². The van der Waals surface area contributed by atoms with Gasteiger partial charge in [-0.2, -0.15) is 5.10 Å². The van der Waals surface area contributed by atoms with Crippen molar-refractivity contribution in [1.29, 1.82) is 0 Å². The monoisotopic (exact) mass is 554 g/mol. The van der Waals surface area contributed by atoms with Crippen LogP contribution >= 0.6 is 0 Å². The van der Waals surface area contributed by atoms with E-state index in [0.29, 0.717) is 0 Å². The van der Waals surface area contributed by atoms with E-state index in [4.69, 9.17) is 10.1 Å². The molecule has 8 rings (SSSR count). The largest absolute Gasteiger partial charge is 0.296 e. The van der Waals surface area contributed by atoms with E-state index in [0.717, 1.165) is 57.0 Å². The summed E-state index contributed by atoms with van der Waals surface area (Å²) in [5.41, 5.74) is 12.3. The fourth-order valence-corrected chi connectivity index (χ4v) is 6.37. The number of fused-ring (bicyclic) bond motifs is 4. The Morgan fingerprint density at radius 2 is 1.35 bits per heavy atom. The van der Waals surface area contributed by atoms with Gasteiger partial charge in [-0.15, -0.1) is 0 Å². The first kappa shape index (κ1) is 25.2. The van der Waals surface area contributed by atoms with Gasteiger partial charge < -0.3 is 0 Å². The molecule has 0 saturated carbocycles. The highest BCUT2D eigenvalue weighted by Crippen LogP contribution is 2.36. The van der Waals surface area contributed by atoms with E-state index < -0.39 is 0 Å². The summed E-state index contributed by atoms with van der Waals surface area (Å²) in [7, 11) is 0. The number of aryl methyl sites for hydroxylation is 2. The zero-order valence-corrected chi connectivity index (χ0v) is 24.2. The molecule has 0 atom stereocenters. The van der Waals surface area contributed by atoms with Gasteiger partial charge in [0, 0.05) is 34.2 Å². The molecular weight excluding hydrogens is 524 g/mol. The first-order valence-corrected chi connectivity index (χ1v) is 14.8. The van der Waals surface area contributed by atoms with Crippen molar-refractivity contribution in [1.82, 2.24) is 19.2 Å². The van der Waals surface area contributed by atoms with Crippen LogP contribution in [0.4, 0.5) is 0 Å². The molecule has 3 heterocycles. The van der Waals surface area contributed by atoms with Crippen molar-refractivity contribution < 1.29 is 0 Å². The zero-order valence-electron chi connectivity index (χ0n) is 24.2. The minimum absolute atomic E-state index is 0.873. The van der Waals surface area contributed by atoms with Gasteiger partial charge in [0.2, 0.25) is 0 Å². The Labute approximate surface area is 250 Å². The molecule has 43 heavy (non-hydrogen) atoms. The van der Waals surface area contributed by atoms with Crippen molar-refractivity contribution in [3.8, 4) is 39.3 Å².